The summed E-state index contributed by atoms with van der Waals surface area (Å²) >= 11 is 0. The molecule has 3 rings (SSSR count). The Labute approximate surface area is 88.3 Å². The lowest BCUT2D eigenvalue weighted by molar-refractivity contribution is -0.236. The number of hydrogen-bond acceptors (Lipinski definition) is 5. The van der Waals surface area contributed by atoms with Crippen molar-refractivity contribution in [2.75, 3.05) is 7.11 Å². The SMILES string of the molecule is CO[C@@H]1O[C@]2(C[C@@H]2O)C2OC(C)(C)O[C@@H]21. The summed E-state index contributed by atoms with van der Waals surface area (Å²) in [6.45, 7) is 3.72. The predicted octanol–water partition coefficient (Wildman–Crippen LogP) is 0.0126. The van der Waals surface area contributed by atoms with Gasteiger partial charge in [-0.2, -0.15) is 0 Å². The van der Waals surface area contributed by atoms with Crippen LogP contribution in [0.2, 0.25) is 0 Å². The van der Waals surface area contributed by atoms with E-state index in [1.165, 1.54) is 0 Å². The number of aliphatic hydroxyl groups is 1. The number of aliphatic hydroxyl groups excluding tert-OH is 1. The molecule has 1 aliphatic carbocycles. The number of hydrogen-bond donors (Lipinski definition) is 1. The van der Waals surface area contributed by atoms with Gasteiger partial charge in [0.05, 0.1) is 6.10 Å². The molecule has 0 aromatic rings. The van der Waals surface area contributed by atoms with E-state index >= 15 is 0 Å². The molecule has 2 saturated heterocycles. The highest BCUT2D eigenvalue weighted by molar-refractivity contribution is 5.19. The van der Waals surface area contributed by atoms with Crippen LogP contribution in [0.3, 0.4) is 0 Å². The molecule has 1 unspecified atom stereocenters. The Hall–Kier alpha value is -0.200. The monoisotopic (exact) mass is 216 g/mol. The van der Waals surface area contributed by atoms with E-state index in [9.17, 15) is 5.11 Å². The molecule has 3 fully saturated rings. The maximum absolute atomic E-state index is 9.63. The van der Waals surface area contributed by atoms with Crippen LogP contribution in [0.1, 0.15) is 20.3 Å². The van der Waals surface area contributed by atoms with E-state index in [1.807, 2.05) is 13.8 Å². The number of methoxy groups -OCH3 is 1. The van der Waals surface area contributed by atoms with Gasteiger partial charge in [0.25, 0.3) is 0 Å². The lowest BCUT2D eigenvalue weighted by Gasteiger charge is -2.23. The first-order chi connectivity index (χ1) is 6.98. The smallest absolute Gasteiger partial charge is 0.187 e. The van der Waals surface area contributed by atoms with Crippen molar-refractivity contribution in [2.24, 2.45) is 0 Å². The Balaban J connectivity index is 1.88. The minimum atomic E-state index is -0.620. The molecule has 3 aliphatic rings. The van der Waals surface area contributed by atoms with Crippen molar-refractivity contribution in [3.05, 3.63) is 0 Å². The van der Waals surface area contributed by atoms with Gasteiger partial charge in [-0.3, -0.25) is 0 Å². The molecule has 15 heavy (non-hydrogen) atoms. The average molecular weight is 216 g/mol. The Morgan fingerprint density at radius 1 is 1.27 bits per heavy atom. The number of rotatable bonds is 1. The van der Waals surface area contributed by atoms with Crippen LogP contribution in [0.5, 0.6) is 0 Å². The van der Waals surface area contributed by atoms with Crippen molar-refractivity contribution in [3.63, 3.8) is 0 Å². The second-order valence-corrected chi connectivity index (χ2v) is 4.92. The van der Waals surface area contributed by atoms with Gasteiger partial charge in [-0.05, 0) is 13.8 Å². The molecule has 5 atom stereocenters. The first-order valence-corrected chi connectivity index (χ1v) is 5.23. The lowest BCUT2D eigenvalue weighted by atomic mass is 10.1. The van der Waals surface area contributed by atoms with E-state index < -0.39 is 23.8 Å². The highest BCUT2D eigenvalue weighted by atomic mass is 16.8. The van der Waals surface area contributed by atoms with Crippen LogP contribution < -0.4 is 0 Å². The van der Waals surface area contributed by atoms with Gasteiger partial charge >= 0.3 is 0 Å². The van der Waals surface area contributed by atoms with Crippen molar-refractivity contribution in [3.8, 4) is 0 Å². The Bertz CT molecular complexity index is 292. The molecule has 0 bridgehead atoms. The molecular weight excluding hydrogens is 200 g/mol. The van der Waals surface area contributed by atoms with Gasteiger partial charge in [0.15, 0.2) is 12.1 Å². The predicted molar refractivity (Wildman–Crippen MR) is 49.1 cm³/mol. The third kappa shape index (κ3) is 1.21. The van der Waals surface area contributed by atoms with Crippen LogP contribution in [0.4, 0.5) is 0 Å². The first kappa shape index (κ1) is 9.99. The second kappa shape index (κ2) is 2.73. The summed E-state index contributed by atoms with van der Waals surface area (Å²) < 4.78 is 22.3. The minimum Gasteiger partial charge on any atom is -0.390 e. The largest absolute Gasteiger partial charge is 0.390 e. The summed E-state index contributed by atoms with van der Waals surface area (Å²) in [7, 11) is 1.57. The fourth-order valence-corrected chi connectivity index (χ4v) is 2.57. The summed E-state index contributed by atoms with van der Waals surface area (Å²) in [5, 5.41) is 9.63. The summed E-state index contributed by atoms with van der Waals surface area (Å²) in [6.07, 6.45) is -0.737. The first-order valence-electron chi connectivity index (χ1n) is 5.23. The zero-order valence-corrected chi connectivity index (χ0v) is 9.10. The van der Waals surface area contributed by atoms with Crippen LogP contribution in [-0.2, 0) is 18.9 Å². The van der Waals surface area contributed by atoms with Crippen molar-refractivity contribution >= 4 is 0 Å². The zero-order chi connectivity index (χ0) is 10.8. The fourth-order valence-electron chi connectivity index (χ4n) is 2.57. The Morgan fingerprint density at radius 3 is 2.47 bits per heavy atom. The summed E-state index contributed by atoms with van der Waals surface area (Å²) in [6, 6.07) is 0. The summed E-state index contributed by atoms with van der Waals surface area (Å²) in [5.41, 5.74) is -0.584. The third-order valence-electron chi connectivity index (χ3n) is 3.36. The molecule has 5 heteroatoms. The van der Waals surface area contributed by atoms with Gasteiger partial charge in [0.2, 0.25) is 0 Å². The van der Waals surface area contributed by atoms with Gasteiger partial charge in [-0.1, -0.05) is 0 Å². The van der Waals surface area contributed by atoms with E-state index in [-0.39, 0.29) is 12.2 Å². The van der Waals surface area contributed by atoms with E-state index in [1.54, 1.807) is 7.11 Å². The van der Waals surface area contributed by atoms with Gasteiger partial charge in [-0.25, -0.2) is 0 Å². The number of fused-ring (bicyclic) bond motifs is 2. The van der Waals surface area contributed by atoms with E-state index in [0.29, 0.717) is 6.42 Å². The standard InChI is InChI=1S/C10H16O5/c1-9(2)13-6-7(14-9)10(4-5(10)11)15-8(6)12-3/h5-8,11H,4H2,1-3H3/t5-,6-,7?,8+,10-/m0/s1. The third-order valence-corrected chi connectivity index (χ3v) is 3.36. The maximum atomic E-state index is 9.63. The quantitative estimate of drug-likeness (QED) is 0.669. The topological polar surface area (TPSA) is 57.2 Å². The van der Waals surface area contributed by atoms with Crippen molar-refractivity contribution < 1.29 is 24.1 Å². The molecule has 0 amide bonds. The van der Waals surface area contributed by atoms with Crippen LogP contribution >= 0.6 is 0 Å². The van der Waals surface area contributed by atoms with Crippen LogP contribution in [-0.4, -0.2) is 48.2 Å². The molecule has 0 aromatic carbocycles. The van der Waals surface area contributed by atoms with Crippen molar-refractivity contribution in [1.29, 1.82) is 0 Å². The zero-order valence-electron chi connectivity index (χ0n) is 9.10. The molecule has 0 aromatic heterocycles. The van der Waals surface area contributed by atoms with Gasteiger partial charge < -0.3 is 24.1 Å². The molecular formula is C10H16O5. The Kier molecular flexibility index (Phi) is 1.81. The van der Waals surface area contributed by atoms with Crippen LogP contribution in [0, 0.1) is 0 Å². The minimum absolute atomic E-state index is 0.215. The molecule has 5 nitrogen and oxygen atoms in total. The second-order valence-electron chi connectivity index (χ2n) is 4.92. The van der Waals surface area contributed by atoms with Crippen molar-refractivity contribution in [1.82, 2.24) is 0 Å². The highest BCUT2D eigenvalue weighted by Crippen LogP contribution is 2.56. The van der Waals surface area contributed by atoms with E-state index in [0.717, 1.165) is 0 Å². The van der Waals surface area contributed by atoms with Crippen LogP contribution in [0.25, 0.3) is 0 Å². The van der Waals surface area contributed by atoms with Crippen LogP contribution in [0.15, 0.2) is 0 Å². The fraction of sp³-hybridized carbons (Fsp3) is 1.00. The van der Waals surface area contributed by atoms with Gasteiger partial charge in [0.1, 0.15) is 17.8 Å². The molecule has 1 spiro atoms. The van der Waals surface area contributed by atoms with Gasteiger partial charge in [-0.15, -0.1) is 0 Å². The Morgan fingerprint density at radius 2 is 1.93 bits per heavy atom. The maximum Gasteiger partial charge on any atom is 0.187 e. The lowest BCUT2D eigenvalue weighted by Crippen LogP contribution is -2.34. The molecule has 2 aliphatic heterocycles. The molecule has 1 saturated carbocycles. The summed E-state index contributed by atoms with van der Waals surface area (Å²) in [5.74, 6) is -0.620. The molecule has 86 valence electrons. The highest BCUT2D eigenvalue weighted by Gasteiger charge is 2.73. The van der Waals surface area contributed by atoms with Crippen molar-refractivity contribution in [2.45, 2.75) is 56.3 Å². The number of ether oxygens (including phenoxy) is 4. The molecule has 0 radical (unpaired) electrons. The van der Waals surface area contributed by atoms with E-state index in [2.05, 4.69) is 0 Å². The van der Waals surface area contributed by atoms with E-state index in [4.69, 9.17) is 18.9 Å². The normalized spacial score (nSPS) is 56.0. The summed E-state index contributed by atoms with van der Waals surface area (Å²) in [4.78, 5) is 0. The average Bonchev–Trinajstić information content (AvgIpc) is 2.53. The van der Waals surface area contributed by atoms with Gasteiger partial charge in [0, 0.05) is 13.5 Å². The molecule has 2 heterocycles. The molecule has 1 N–H and O–H groups in total.